The smallest absolute Gasteiger partial charge is 0.276 e. The predicted molar refractivity (Wildman–Crippen MR) is 113 cm³/mol. The lowest BCUT2D eigenvalue weighted by atomic mass is 9.87. The minimum absolute atomic E-state index is 0.116. The molecule has 1 aromatic heterocycles. The Morgan fingerprint density at radius 1 is 1.17 bits per heavy atom. The van der Waals surface area contributed by atoms with Gasteiger partial charge in [-0.25, -0.2) is 4.68 Å². The van der Waals surface area contributed by atoms with Crippen molar-refractivity contribution in [1.82, 2.24) is 19.9 Å². The lowest BCUT2D eigenvalue weighted by Gasteiger charge is -2.34. The van der Waals surface area contributed by atoms with E-state index in [-0.39, 0.29) is 11.8 Å². The third-order valence-electron chi connectivity index (χ3n) is 5.71. The number of carbonyl (C=O) groups is 1. The Morgan fingerprint density at radius 2 is 1.90 bits per heavy atom. The van der Waals surface area contributed by atoms with Crippen LogP contribution >= 0.6 is 0 Å². The Hall–Kier alpha value is -3.19. The van der Waals surface area contributed by atoms with E-state index < -0.39 is 6.10 Å². The molecule has 1 aliphatic rings. The highest BCUT2D eigenvalue weighted by molar-refractivity contribution is 5.92. The molecule has 7 heteroatoms. The number of aliphatic hydroxyl groups is 1. The minimum atomic E-state index is -0.546. The van der Waals surface area contributed by atoms with Gasteiger partial charge >= 0.3 is 0 Å². The molecule has 1 fully saturated rings. The molecule has 0 saturated carbocycles. The van der Waals surface area contributed by atoms with Gasteiger partial charge in [-0.05, 0) is 61.1 Å². The SMILES string of the molecule is COc1ccc(C(O)C2CCN(C(=O)c3cn(-c4cccc(C)c4)nn3)CC2)cc1. The van der Waals surface area contributed by atoms with Crippen molar-refractivity contribution in [1.29, 1.82) is 0 Å². The first-order chi connectivity index (χ1) is 14.5. The number of amides is 1. The third kappa shape index (κ3) is 4.21. The highest BCUT2D eigenvalue weighted by Crippen LogP contribution is 2.31. The molecule has 0 radical (unpaired) electrons. The first kappa shape index (κ1) is 20.1. The van der Waals surface area contributed by atoms with Crippen LogP contribution in [0.25, 0.3) is 5.69 Å². The molecule has 1 N–H and O–H groups in total. The van der Waals surface area contributed by atoms with Gasteiger partial charge in [0.2, 0.25) is 0 Å². The van der Waals surface area contributed by atoms with Crippen molar-refractivity contribution in [3.8, 4) is 11.4 Å². The molecule has 0 spiro atoms. The number of aliphatic hydroxyl groups excluding tert-OH is 1. The number of nitrogens with zero attached hydrogens (tertiary/aromatic N) is 4. The number of hydrogen-bond donors (Lipinski definition) is 1. The minimum Gasteiger partial charge on any atom is -0.497 e. The fourth-order valence-electron chi connectivity index (χ4n) is 3.91. The second kappa shape index (κ2) is 8.67. The number of piperidine rings is 1. The predicted octanol–water partition coefficient (Wildman–Crippen LogP) is 3.17. The summed E-state index contributed by atoms with van der Waals surface area (Å²) in [6, 6.07) is 15.4. The molecule has 2 heterocycles. The fourth-order valence-corrected chi connectivity index (χ4v) is 3.91. The molecule has 1 aliphatic heterocycles. The summed E-state index contributed by atoms with van der Waals surface area (Å²) in [5.41, 5.74) is 3.21. The van der Waals surface area contributed by atoms with Gasteiger partial charge in [0.15, 0.2) is 5.69 Å². The molecule has 2 aromatic carbocycles. The van der Waals surface area contributed by atoms with Crippen molar-refractivity contribution < 1.29 is 14.6 Å². The maximum absolute atomic E-state index is 12.9. The van der Waals surface area contributed by atoms with Gasteiger partial charge in [-0.3, -0.25) is 4.79 Å². The van der Waals surface area contributed by atoms with Crippen molar-refractivity contribution in [2.24, 2.45) is 5.92 Å². The molecular formula is C23H26N4O3. The number of aryl methyl sites for hydroxylation is 1. The molecule has 1 atom stereocenters. The van der Waals surface area contributed by atoms with Crippen LogP contribution in [0.2, 0.25) is 0 Å². The van der Waals surface area contributed by atoms with E-state index in [1.165, 1.54) is 0 Å². The largest absolute Gasteiger partial charge is 0.497 e. The second-order valence-corrected chi connectivity index (χ2v) is 7.73. The van der Waals surface area contributed by atoms with Crippen LogP contribution in [0.4, 0.5) is 0 Å². The molecule has 156 valence electrons. The zero-order valence-corrected chi connectivity index (χ0v) is 17.2. The molecule has 1 amide bonds. The molecule has 0 bridgehead atoms. The summed E-state index contributed by atoms with van der Waals surface area (Å²) in [6.07, 6.45) is 2.61. The summed E-state index contributed by atoms with van der Waals surface area (Å²) in [5, 5.41) is 18.9. The van der Waals surface area contributed by atoms with Crippen LogP contribution in [0.15, 0.2) is 54.7 Å². The van der Waals surface area contributed by atoms with Crippen LogP contribution in [-0.4, -0.2) is 51.1 Å². The van der Waals surface area contributed by atoms with Gasteiger partial charge < -0.3 is 14.7 Å². The monoisotopic (exact) mass is 406 g/mol. The number of methoxy groups -OCH3 is 1. The van der Waals surface area contributed by atoms with Crippen LogP contribution < -0.4 is 4.74 Å². The van der Waals surface area contributed by atoms with E-state index in [0.717, 1.165) is 35.4 Å². The van der Waals surface area contributed by atoms with Crippen molar-refractivity contribution in [2.75, 3.05) is 20.2 Å². The van der Waals surface area contributed by atoms with Crippen LogP contribution in [0.3, 0.4) is 0 Å². The summed E-state index contributed by atoms with van der Waals surface area (Å²) in [5.74, 6) is 0.766. The molecule has 30 heavy (non-hydrogen) atoms. The Bertz CT molecular complexity index is 1010. The average molecular weight is 406 g/mol. The zero-order chi connectivity index (χ0) is 21.1. The summed E-state index contributed by atoms with van der Waals surface area (Å²) in [6.45, 7) is 3.19. The normalized spacial score (nSPS) is 15.8. The number of aromatic nitrogens is 3. The Kier molecular flexibility index (Phi) is 5.81. The van der Waals surface area contributed by atoms with Gasteiger partial charge in [-0.15, -0.1) is 5.10 Å². The zero-order valence-electron chi connectivity index (χ0n) is 17.2. The van der Waals surface area contributed by atoms with E-state index in [1.54, 1.807) is 22.9 Å². The number of carbonyl (C=O) groups excluding carboxylic acids is 1. The van der Waals surface area contributed by atoms with Crippen LogP contribution in [-0.2, 0) is 0 Å². The number of ether oxygens (including phenoxy) is 1. The number of hydrogen-bond acceptors (Lipinski definition) is 5. The van der Waals surface area contributed by atoms with E-state index in [9.17, 15) is 9.90 Å². The Morgan fingerprint density at radius 3 is 2.57 bits per heavy atom. The van der Waals surface area contributed by atoms with E-state index in [2.05, 4.69) is 10.3 Å². The Labute approximate surface area is 175 Å². The van der Waals surface area contributed by atoms with Crippen LogP contribution in [0, 0.1) is 12.8 Å². The molecule has 3 aromatic rings. The fraction of sp³-hybridized carbons (Fsp3) is 0.348. The van der Waals surface area contributed by atoms with Crippen LogP contribution in [0.1, 0.15) is 40.6 Å². The van der Waals surface area contributed by atoms with Crippen molar-refractivity contribution in [3.63, 3.8) is 0 Å². The average Bonchev–Trinajstić information content (AvgIpc) is 3.29. The topological polar surface area (TPSA) is 80.5 Å². The van der Waals surface area contributed by atoms with Crippen molar-refractivity contribution in [2.45, 2.75) is 25.9 Å². The highest BCUT2D eigenvalue weighted by Gasteiger charge is 2.29. The summed E-state index contributed by atoms with van der Waals surface area (Å²) < 4.78 is 6.80. The first-order valence-corrected chi connectivity index (χ1v) is 10.2. The van der Waals surface area contributed by atoms with Crippen molar-refractivity contribution in [3.05, 3.63) is 71.5 Å². The first-order valence-electron chi connectivity index (χ1n) is 10.2. The van der Waals surface area contributed by atoms with Gasteiger partial charge in [0.1, 0.15) is 5.75 Å². The van der Waals surface area contributed by atoms with Crippen LogP contribution in [0.5, 0.6) is 5.75 Å². The molecule has 7 nitrogen and oxygen atoms in total. The standard InChI is InChI=1S/C23H26N4O3/c1-16-4-3-5-19(14-16)27-15-21(24-25-27)23(29)26-12-10-18(11-13-26)22(28)17-6-8-20(30-2)9-7-17/h3-9,14-15,18,22,28H,10-13H2,1-2H3. The molecule has 4 rings (SSSR count). The number of benzene rings is 2. The van der Waals surface area contributed by atoms with Gasteiger partial charge in [-0.1, -0.05) is 29.5 Å². The number of likely N-dealkylation sites (tertiary alicyclic amines) is 1. The summed E-state index contributed by atoms with van der Waals surface area (Å²) in [7, 11) is 1.62. The lowest BCUT2D eigenvalue weighted by molar-refractivity contribution is 0.0458. The van der Waals surface area contributed by atoms with Gasteiger partial charge in [0.05, 0.1) is 25.1 Å². The van der Waals surface area contributed by atoms with E-state index in [0.29, 0.717) is 18.8 Å². The van der Waals surface area contributed by atoms with E-state index in [1.807, 2.05) is 55.5 Å². The quantitative estimate of drug-likeness (QED) is 0.704. The van der Waals surface area contributed by atoms with Gasteiger partial charge in [0.25, 0.3) is 5.91 Å². The molecular weight excluding hydrogens is 380 g/mol. The summed E-state index contributed by atoms with van der Waals surface area (Å²) >= 11 is 0. The number of rotatable bonds is 5. The van der Waals surface area contributed by atoms with E-state index >= 15 is 0 Å². The maximum atomic E-state index is 12.9. The maximum Gasteiger partial charge on any atom is 0.276 e. The lowest BCUT2D eigenvalue weighted by Crippen LogP contribution is -2.40. The molecule has 0 aliphatic carbocycles. The highest BCUT2D eigenvalue weighted by atomic mass is 16.5. The second-order valence-electron chi connectivity index (χ2n) is 7.73. The van der Waals surface area contributed by atoms with Crippen molar-refractivity contribution >= 4 is 5.91 Å². The molecule has 1 unspecified atom stereocenters. The summed E-state index contributed by atoms with van der Waals surface area (Å²) in [4.78, 5) is 14.7. The third-order valence-corrected chi connectivity index (χ3v) is 5.71. The van der Waals surface area contributed by atoms with Gasteiger partial charge in [-0.2, -0.15) is 0 Å². The molecule has 1 saturated heterocycles. The van der Waals surface area contributed by atoms with E-state index in [4.69, 9.17) is 4.74 Å². The van der Waals surface area contributed by atoms with Gasteiger partial charge in [0, 0.05) is 13.1 Å². The Balaban J connectivity index is 1.37.